The first kappa shape index (κ1) is 20.5. The number of nitro groups is 1. The molecule has 0 radical (unpaired) electrons. The van der Waals surface area contributed by atoms with Gasteiger partial charge in [0.2, 0.25) is 5.82 Å². The van der Waals surface area contributed by atoms with Crippen LogP contribution in [0.25, 0.3) is 0 Å². The van der Waals surface area contributed by atoms with Gasteiger partial charge in [-0.1, -0.05) is 19.9 Å². The molecule has 138 valence electrons. The largest absolute Gasteiger partial charge is 0.465 e. The third kappa shape index (κ3) is 4.32. The van der Waals surface area contributed by atoms with E-state index < -0.39 is 33.8 Å². The van der Waals surface area contributed by atoms with Crippen LogP contribution in [-0.4, -0.2) is 30.1 Å². The molecule has 0 aromatic heterocycles. The van der Waals surface area contributed by atoms with Crippen LogP contribution in [0.2, 0.25) is 0 Å². The summed E-state index contributed by atoms with van der Waals surface area (Å²) >= 11 is 0. The van der Waals surface area contributed by atoms with Gasteiger partial charge in [-0.3, -0.25) is 19.7 Å². The Morgan fingerprint density at radius 2 is 1.72 bits per heavy atom. The van der Waals surface area contributed by atoms with E-state index >= 15 is 0 Å². The van der Waals surface area contributed by atoms with Crippen LogP contribution in [-0.2, 0) is 24.5 Å². The first-order valence-corrected chi connectivity index (χ1v) is 7.99. The molecule has 0 amide bonds. The molecule has 0 saturated heterocycles. The number of carbonyl (C=O) groups excluding carboxylic acids is 2. The lowest BCUT2D eigenvalue weighted by molar-refractivity contribution is -0.387. The Morgan fingerprint density at radius 3 is 2.08 bits per heavy atom. The normalized spacial score (nSPS) is 11.3. The van der Waals surface area contributed by atoms with Crippen molar-refractivity contribution in [3.8, 4) is 0 Å². The van der Waals surface area contributed by atoms with Crippen LogP contribution in [0.3, 0.4) is 0 Å². The van der Waals surface area contributed by atoms with Crippen LogP contribution in [0.15, 0.2) is 18.2 Å². The van der Waals surface area contributed by atoms with Crippen molar-refractivity contribution in [3.05, 3.63) is 39.7 Å². The predicted octanol–water partition coefficient (Wildman–Crippen LogP) is 3.14. The van der Waals surface area contributed by atoms with E-state index in [4.69, 9.17) is 9.47 Å². The van der Waals surface area contributed by atoms with Crippen molar-refractivity contribution < 1.29 is 28.4 Å². The summed E-state index contributed by atoms with van der Waals surface area (Å²) in [6.07, 6.45) is 0.0158. The molecule has 0 fully saturated rings. The molecule has 1 aromatic carbocycles. The average molecular weight is 355 g/mol. The monoisotopic (exact) mass is 355 g/mol. The van der Waals surface area contributed by atoms with Gasteiger partial charge in [0.25, 0.3) is 0 Å². The van der Waals surface area contributed by atoms with Crippen molar-refractivity contribution in [2.45, 2.75) is 39.5 Å². The van der Waals surface area contributed by atoms with Crippen molar-refractivity contribution in [2.75, 3.05) is 13.2 Å². The summed E-state index contributed by atoms with van der Waals surface area (Å²) < 4.78 is 24.2. The van der Waals surface area contributed by atoms with Crippen LogP contribution in [0.5, 0.6) is 0 Å². The van der Waals surface area contributed by atoms with E-state index in [0.717, 1.165) is 12.1 Å². The fourth-order valence-electron chi connectivity index (χ4n) is 2.64. The number of nitrogens with zero attached hydrogens (tertiary/aromatic N) is 1. The molecule has 0 atom stereocenters. The minimum absolute atomic E-state index is 0.0158. The van der Waals surface area contributed by atoms with Gasteiger partial charge in [-0.15, -0.1) is 0 Å². The number of halogens is 1. The molecular weight excluding hydrogens is 333 g/mol. The topological polar surface area (TPSA) is 95.7 Å². The summed E-state index contributed by atoms with van der Waals surface area (Å²) in [6, 6.07) is 2.95. The Balaban J connectivity index is 3.62. The molecule has 0 N–H and O–H groups in total. The predicted molar refractivity (Wildman–Crippen MR) is 87.5 cm³/mol. The molecule has 0 saturated carbocycles. The van der Waals surface area contributed by atoms with Gasteiger partial charge in [0, 0.05) is 6.07 Å². The highest BCUT2D eigenvalue weighted by Crippen LogP contribution is 2.36. The van der Waals surface area contributed by atoms with E-state index in [1.54, 1.807) is 27.7 Å². The lowest BCUT2D eigenvalue weighted by Gasteiger charge is -2.31. The van der Waals surface area contributed by atoms with Gasteiger partial charge in [-0.05, 0) is 37.8 Å². The van der Waals surface area contributed by atoms with Gasteiger partial charge in [-0.2, -0.15) is 4.39 Å². The number of rotatable bonds is 8. The lowest BCUT2D eigenvalue weighted by atomic mass is 9.74. The third-order valence-corrected chi connectivity index (χ3v) is 3.60. The highest BCUT2D eigenvalue weighted by Gasteiger charge is 2.51. The summed E-state index contributed by atoms with van der Waals surface area (Å²) in [4.78, 5) is 35.3. The molecule has 0 aliphatic heterocycles. The molecule has 0 aliphatic rings. The molecule has 25 heavy (non-hydrogen) atoms. The number of benzene rings is 1. The first-order chi connectivity index (χ1) is 11.7. The minimum atomic E-state index is -1.88. The quantitative estimate of drug-likeness (QED) is 0.308. The summed E-state index contributed by atoms with van der Waals surface area (Å²) in [7, 11) is 0. The molecule has 0 bridgehead atoms. The van der Waals surface area contributed by atoms with Crippen LogP contribution in [0.1, 0.15) is 39.7 Å². The van der Waals surface area contributed by atoms with Crippen molar-refractivity contribution in [1.82, 2.24) is 0 Å². The van der Waals surface area contributed by atoms with E-state index in [0.29, 0.717) is 0 Å². The molecule has 7 nitrogen and oxygen atoms in total. The fourth-order valence-corrected chi connectivity index (χ4v) is 2.64. The number of ether oxygens (including phenoxy) is 2. The third-order valence-electron chi connectivity index (χ3n) is 3.60. The fraction of sp³-hybridized carbons (Fsp3) is 0.529. The second-order valence-corrected chi connectivity index (χ2v) is 5.87. The highest BCUT2D eigenvalue weighted by molar-refractivity contribution is 6.06. The molecular formula is C17H22FNO6. The van der Waals surface area contributed by atoms with Crippen LogP contribution in [0, 0.1) is 21.8 Å². The summed E-state index contributed by atoms with van der Waals surface area (Å²) in [6.45, 7) is 6.78. The molecule has 8 heteroatoms. The standard InChI is InChI=1S/C17H22FNO6/c1-5-24-15(20)17(10-11(3)4,16(21)25-6-2)12-7-8-14(19(22)23)13(18)9-12/h7-9,11H,5-6,10H2,1-4H3. The Morgan fingerprint density at radius 1 is 1.20 bits per heavy atom. The van der Waals surface area contributed by atoms with Crippen LogP contribution >= 0.6 is 0 Å². The van der Waals surface area contributed by atoms with Crippen molar-refractivity contribution in [3.63, 3.8) is 0 Å². The van der Waals surface area contributed by atoms with Gasteiger partial charge in [-0.25, -0.2) is 0 Å². The summed E-state index contributed by atoms with van der Waals surface area (Å²) in [5, 5.41) is 10.8. The Labute approximate surface area is 145 Å². The van der Waals surface area contributed by atoms with E-state index in [2.05, 4.69) is 0 Å². The number of hydrogen-bond donors (Lipinski definition) is 0. The second kappa shape index (κ2) is 8.55. The lowest BCUT2D eigenvalue weighted by Crippen LogP contribution is -2.47. The SMILES string of the molecule is CCOC(=O)C(CC(C)C)(C(=O)OCC)c1ccc([N+](=O)[O-])c(F)c1. The van der Waals surface area contributed by atoms with Crippen molar-refractivity contribution in [2.24, 2.45) is 5.92 Å². The molecule has 0 spiro atoms. The Kier molecular flexibility index (Phi) is 7.02. The summed E-state index contributed by atoms with van der Waals surface area (Å²) in [5.41, 5.74) is -2.65. The van der Waals surface area contributed by atoms with Gasteiger partial charge < -0.3 is 9.47 Å². The molecule has 1 rings (SSSR count). The molecule has 1 aromatic rings. The van der Waals surface area contributed by atoms with Gasteiger partial charge in [0.05, 0.1) is 18.1 Å². The number of nitro benzene ring substituents is 1. The van der Waals surface area contributed by atoms with Gasteiger partial charge in [0.15, 0.2) is 5.41 Å². The smallest absolute Gasteiger partial charge is 0.328 e. The minimum Gasteiger partial charge on any atom is -0.465 e. The first-order valence-electron chi connectivity index (χ1n) is 7.99. The van der Waals surface area contributed by atoms with Crippen molar-refractivity contribution in [1.29, 1.82) is 0 Å². The van der Waals surface area contributed by atoms with E-state index in [1.807, 2.05) is 0 Å². The Hall–Kier alpha value is -2.51. The zero-order chi connectivity index (χ0) is 19.2. The zero-order valence-electron chi connectivity index (χ0n) is 14.7. The Bertz CT molecular complexity index is 641. The molecule has 0 aliphatic carbocycles. The zero-order valence-corrected chi connectivity index (χ0v) is 14.7. The molecule has 0 unspecified atom stereocenters. The highest BCUT2D eigenvalue weighted by atomic mass is 19.1. The maximum absolute atomic E-state index is 14.1. The van der Waals surface area contributed by atoms with Crippen LogP contribution < -0.4 is 0 Å². The number of hydrogen-bond acceptors (Lipinski definition) is 6. The van der Waals surface area contributed by atoms with E-state index in [9.17, 15) is 24.1 Å². The number of carbonyl (C=O) groups is 2. The van der Waals surface area contributed by atoms with E-state index in [1.165, 1.54) is 6.07 Å². The maximum atomic E-state index is 14.1. The van der Waals surface area contributed by atoms with E-state index in [-0.39, 0.29) is 31.1 Å². The second-order valence-electron chi connectivity index (χ2n) is 5.87. The van der Waals surface area contributed by atoms with Crippen LogP contribution in [0.4, 0.5) is 10.1 Å². The van der Waals surface area contributed by atoms with Gasteiger partial charge in [0.1, 0.15) is 0 Å². The van der Waals surface area contributed by atoms with Gasteiger partial charge >= 0.3 is 17.6 Å². The number of esters is 2. The summed E-state index contributed by atoms with van der Waals surface area (Å²) in [5.74, 6) is -3.00. The van der Waals surface area contributed by atoms with Crippen molar-refractivity contribution >= 4 is 17.6 Å². The molecule has 0 heterocycles. The average Bonchev–Trinajstić information content (AvgIpc) is 2.52. The maximum Gasteiger partial charge on any atom is 0.328 e.